The molecule has 4 aromatic rings. The summed E-state index contributed by atoms with van der Waals surface area (Å²) in [6.45, 7) is 4.08. The Morgan fingerprint density at radius 1 is 1.14 bits per heavy atom. The molecule has 1 amide bonds. The van der Waals surface area contributed by atoms with Crippen LogP contribution >= 0.6 is 0 Å². The van der Waals surface area contributed by atoms with Gasteiger partial charge in [0.25, 0.3) is 0 Å². The molecule has 9 nitrogen and oxygen atoms in total. The van der Waals surface area contributed by atoms with E-state index in [1.54, 1.807) is 41.2 Å². The van der Waals surface area contributed by atoms with Crippen molar-refractivity contribution in [3.05, 3.63) is 59.9 Å². The first-order valence-electron chi connectivity index (χ1n) is 11.2. The number of nitrogens with two attached hydrogens (primary N) is 1. The van der Waals surface area contributed by atoms with E-state index in [9.17, 15) is 9.18 Å². The standard InChI is InChI=1S/C25H23FN8O/c1-14(9-27)33-4-3-18-8-24(32-34(18)13-25(33)35)31-23-7-16-5-19(21(26)6-17(16)10-30-23)20-11-29-12-22(28)15(20)2/h5-8,10-12,14H,3-4,13,28H2,1-2H3,(H,30,31,32). The topological polar surface area (TPSA) is 126 Å². The van der Waals surface area contributed by atoms with E-state index in [0.717, 1.165) is 16.6 Å². The first kappa shape index (κ1) is 22.3. The number of hydrogen-bond acceptors (Lipinski definition) is 7. The van der Waals surface area contributed by atoms with Crippen molar-refractivity contribution < 1.29 is 9.18 Å². The average molecular weight is 471 g/mol. The van der Waals surface area contributed by atoms with Crippen LogP contribution in [0.4, 0.5) is 21.7 Å². The first-order chi connectivity index (χ1) is 16.8. The lowest BCUT2D eigenvalue weighted by molar-refractivity contribution is -0.132. The Balaban J connectivity index is 1.43. The highest BCUT2D eigenvalue weighted by molar-refractivity contribution is 5.90. The number of aromatic nitrogens is 4. The third kappa shape index (κ3) is 4.12. The summed E-state index contributed by atoms with van der Waals surface area (Å²) in [5, 5.41) is 18.3. The number of amides is 1. The Bertz CT molecular complexity index is 1510. The van der Waals surface area contributed by atoms with Gasteiger partial charge in [0.2, 0.25) is 5.91 Å². The van der Waals surface area contributed by atoms with E-state index < -0.39 is 6.04 Å². The number of carbonyl (C=O) groups excluding carboxylic acids is 1. The normalized spacial score (nSPS) is 14.3. The highest BCUT2D eigenvalue weighted by Gasteiger charge is 2.25. The number of fused-ring (bicyclic) bond motifs is 2. The van der Waals surface area contributed by atoms with E-state index in [1.165, 1.54) is 6.07 Å². The quantitative estimate of drug-likeness (QED) is 0.467. The lowest BCUT2D eigenvalue weighted by Crippen LogP contribution is -2.39. The van der Waals surface area contributed by atoms with Crippen molar-refractivity contribution in [2.24, 2.45) is 0 Å². The lowest BCUT2D eigenvalue weighted by Gasteiger charge is -2.22. The van der Waals surface area contributed by atoms with E-state index in [-0.39, 0.29) is 18.3 Å². The first-order valence-corrected chi connectivity index (χ1v) is 11.2. The summed E-state index contributed by atoms with van der Waals surface area (Å²) in [4.78, 5) is 22.6. The fourth-order valence-electron chi connectivity index (χ4n) is 4.30. The summed E-state index contributed by atoms with van der Waals surface area (Å²) in [6, 6.07) is 8.53. The van der Waals surface area contributed by atoms with Gasteiger partial charge in [-0.2, -0.15) is 10.4 Å². The smallest absolute Gasteiger partial charge is 0.245 e. The maximum atomic E-state index is 14.9. The van der Waals surface area contributed by atoms with Crippen molar-refractivity contribution in [2.75, 3.05) is 17.6 Å². The summed E-state index contributed by atoms with van der Waals surface area (Å²) in [5.74, 6) is 0.575. The zero-order valence-corrected chi connectivity index (χ0v) is 19.3. The zero-order chi connectivity index (χ0) is 24.7. The molecule has 1 atom stereocenters. The molecule has 4 heterocycles. The Morgan fingerprint density at radius 2 is 1.97 bits per heavy atom. The lowest BCUT2D eigenvalue weighted by atomic mass is 9.99. The molecule has 0 radical (unpaired) electrons. The van der Waals surface area contributed by atoms with E-state index in [4.69, 9.17) is 11.0 Å². The summed E-state index contributed by atoms with van der Waals surface area (Å²) >= 11 is 0. The van der Waals surface area contributed by atoms with Crippen LogP contribution < -0.4 is 11.1 Å². The maximum Gasteiger partial charge on any atom is 0.245 e. The predicted octanol–water partition coefficient (Wildman–Crippen LogP) is 3.56. The Labute approximate surface area is 201 Å². The van der Waals surface area contributed by atoms with Crippen LogP contribution in [0.15, 0.2) is 42.9 Å². The van der Waals surface area contributed by atoms with Gasteiger partial charge in [-0.1, -0.05) is 0 Å². The molecule has 1 aliphatic rings. The molecule has 0 saturated carbocycles. The van der Waals surface area contributed by atoms with Crippen molar-refractivity contribution in [1.82, 2.24) is 24.6 Å². The van der Waals surface area contributed by atoms with Gasteiger partial charge in [-0.3, -0.25) is 14.5 Å². The molecule has 10 heteroatoms. The third-order valence-corrected chi connectivity index (χ3v) is 6.34. The number of benzene rings is 1. The minimum Gasteiger partial charge on any atom is -0.397 e. The van der Waals surface area contributed by atoms with Crippen molar-refractivity contribution in [3.63, 3.8) is 0 Å². The highest BCUT2D eigenvalue weighted by Crippen LogP contribution is 2.32. The number of rotatable bonds is 4. The van der Waals surface area contributed by atoms with E-state index in [1.807, 2.05) is 19.1 Å². The monoisotopic (exact) mass is 470 g/mol. The SMILES string of the molecule is Cc1c(N)cncc1-c1cc2cc(Nc3cc4n(n3)CC(=O)N(C(C)C#N)CC4)ncc2cc1F. The Kier molecular flexibility index (Phi) is 5.53. The summed E-state index contributed by atoms with van der Waals surface area (Å²) in [5.41, 5.74) is 9.18. The minimum absolute atomic E-state index is 0.0738. The molecule has 1 unspecified atom stereocenters. The van der Waals surface area contributed by atoms with Crippen molar-refractivity contribution in [2.45, 2.75) is 32.9 Å². The summed E-state index contributed by atoms with van der Waals surface area (Å²) in [7, 11) is 0. The molecule has 0 saturated heterocycles. The van der Waals surface area contributed by atoms with Crippen LogP contribution in [-0.4, -0.2) is 43.1 Å². The number of nitrogens with one attached hydrogen (secondary N) is 1. The van der Waals surface area contributed by atoms with Crippen molar-refractivity contribution in [1.29, 1.82) is 5.26 Å². The molecule has 0 aliphatic carbocycles. The molecule has 0 bridgehead atoms. The number of halogens is 1. The summed E-state index contributed by atoms with van der Waals surface area (Å²) < 4.78 is 16.5. The molecular formula is C25H23FN8O. The number of anilines is 3. The third-order valence-electron chi connectivity index (χ3n) is 6.34. The second-order valence-electron chi connectivity index (χ2n) is 8.60. The molecule has 1 aliphatic heterocycles. The van der Waals surface area contributed by atoms with Gasteiger partial charge in [-0.05, 0) is 43.0 Å². The number of nitrogen functional groups attached to an aromatic ring is 1. The predicted molar refractivity (Wildman–Crippen MR) is 130 cm³/mol. The van der Waals surface area contributed by atoms with E-state index in [0.29, 0.717) is 46.8 Å². The molecule has 3 N–H and O–H groups in total. The van der Waals surface area contributed by atoms with Crippen LogP contribution in [0.5, 0.6) is 0 Å². The minimum atomic E-state index is -0.479. The highest BCUT2D eigenvalue weighted by atomic mass is 19.1. The van der Waals surface area contributed by atoms with Crippen LogP contribution in [0.2, 0.25) is 0 Å². The van der Waals surface area contributed by atoms with Crippen LogP contribution in [0, 0.1) is 24.1 Å². The van der Waals surface area contributed by atoms with Gasteiger partial charge in [0.05, 0.1) is 18.0 Å². The number of nitrogens with zero attached hydrogens (tertiary/aromatic N) is 6. The second-order valence-corrected chi connectivity index (χ2v) is 8.60. The van der Waals surface area contributed by atoms with Crippen LogP contribution in [0.1, 0.15) is 18.2 Å². The van der Waals surface area contributed by atoms with Gasteiger partial charge in [0.15, 0.2) is 5.82 Å². The summed E-state index contributed by atoms with van der Waals surface area (Å²) in [6.07, 6.45) is 5.34. The van der Waals surface area contributed by atoms with Crippen LogP contribution in [-0.2, 0) is 17.8 Å². The van der Waals surface area contributed by atoms with Gasteiger partial charge in [-0.15, -0.1) is 0 Å². The van der Waals surface area contributed by atoms with Gasteiger partial charge in [-0.25, -0.2) is 9.37 Å². The van der Waals surface area contributed by atoms with Crippen molar-refractivity contribution in [3.8, 4) is 17.2 Å². The van der Waals surface area contributed by atoms with E-state index in [2.05, 4.69) is 26.5 Å². The van der Waals surface area contributed by atoms with Gasteiger partial charge in [0, 0.05) is 53.6 Å². The molecule has 1 aromatic carbocycles. The largest absolute Gasteiger partial charge is 0.397 e. The fraction of sp³-hybridized carbons (Fsp3) is 0.240. The van der Waals surface area contributed by atoms with Crippen LogP contribution in [0.3, 0.4) is 0 Å². The Morgan fingerprint density at radius 3 is 2.77 bits per heavy atom. The molecular weight excluding hydrogens is 447 g/mol. The number of hydrogen-bond donors (Lipinski definition) is 2. The number of carbonyl (C=O) groups is 1. The molecule has 5 rings (SSSR count). The zero-order valence-electron chi connectivity index (χ0n) is 19.3. The maximum absolute atomic E-state index is 14.9. The molecule has 176 valence electrons. The van der Waals surface area contributed by atoms with E-state index >= 15 is 0 Å². The Hall–Kier alpha value is -4.52. The fourth-order valence-corrected chi connectivity index (χ4v) is 4.30. The number of nitriles is 1. The molecule has 35 heavy (non-hydrogen) atoms. The molecule has 0 fully saturated rings. The van der Waals surface area contributed by atoms with Gasteiger partial charge in [0.1, 0.15) is 24.2 Å². The van der Waals surface area contributed by atoms with Gasteiger partial charge < -0.3 is 16.0 Å². The second kappa shape index (κ2) is 8.68. The van der Waals surface area contributed by atoms with Crippen LogP contribution in [0.25, 0.3) is 21.9 Å². The van der Waals surface area contributed by atoms with Gasteiger partial charge >= 0.3 is 0 Å². The van der Waals surface area contributed by atoms with Crippen molar-refractivity contribution >= 4 is 34.0 Å². The average Bonchev–Trinajstić information content (AvgIpc) is 3.13. The number of pyridine rings is 2. The molecule has 3 aromatic heterocycles. The molecule has 0 spiro atoms.